The maximum atomic E-state index is 11.9. The van der Waals surface area contributed by atoms with Crippen molar-refractivity contribution in [1.29, 1.82) is 0 Å². The summed E-state index contributed by atoms with van der Waals surface area (Å²) in [6.07, 6.45) is 5.89. The van der Waals surface area contributed by atoms with Gasteiger partial charge in [-0.25, -0.2) is 19.9 Å². The number of pyridine rings is 1. The van der Waals surface area contributed by atoms with Crippen LogP contribution in [0.2, 0.25) is 0 Å². The zero-order chi connectivity index (χ0) is 16.4. The Kier molecular flexibility index (Phi) is 3.81. The van der Waals surface area contributed by atoms with E-state index < -0.39 is 18.4 Å². The molecule has 23 heavy (non-hydrogen) atoms. The fraction of sp³-hybridized carbons (Fsp3) is 0.0769. The van der Waals surface area contributed by atoms with Crippen molar-refractivity contribution >= 4 is 33.4 Å². The number of fused-ring (bicyclic) bond motifs is 1. The van der Waals surface area contributed by atoms with Gasteiger partial charge in [-0.3, -0.25) is 9.59 Å². The number of thiazole rings is 1. The summed E-state index contributed by atoms with van der Waals surface area (Å²) < 4.78 is 0.374. The van der Waals surface area contributed by atoms with Crippen molar-refractivity contribution in [2.24, 2.45) is 0 Å². The number of aliphatic carboxylic acids is 1. The molecule has 0 aliphatic carbocycles. The van der Waals surface area contributed by atoms with Crippen LogP contribution in [0.15, 0.2) is 24.9 Å². The van der Waals surface area contributed by atoms with Crippen molar-refractivity contribution in [3.05, 3.63) is 30.6 Å². The lowest BCUT2D eigenvalue weighted by Crippen LogP contribution is -2.29. The number of aromatic nitrogens is 4. The van der Waals surface area contributed by atoms with Crippen LogP contribution in [0, 0.1) is 0 Å². The summed E-state index contributed by atoms with van der Waals surface area (Å²) in [5, 5.41) is 21.5. The molecule has 0 aliphatic heterocycles. The molecular weight excluding hydrogens is 322 g/mol. The van der Waals surface area contributed by atoms with E-state index in [-0.39, 0.29) is 11.4 Å². The minimum Gasteiger partial charge on any atom is -0.504 e. The topological polar surface area (TPSA) is 138 Å². The van der Waals surface area contributed by atoms with Crippen molar-refractivity contribution in [3.8, 4) is 16.3 Å². The summed E-state index contributed by atoms with van der Waals surface area (Å²) in [5.41, 5.74) is 0.837. The standard InChI is InChI=1S/C13H9N5O4S/c19-8(20)4-17-12(22)9-10(21)11-7(3-16-9)18-13(23-11)6-1-14-5-15-2-6/h1-3,5,21H,4H2,(H,17,22)(H,19,20). The maximum absolute atomic E-state index is 11.9. The summed E-state index contributed by atoms with van der Waals surface area (Å²) in [7, 11) is 0. The average molecular weight is 331 g/mol. The van der Waals surface area contributed by atoms with Crippen molar-refractivity contribution < 1.29 is 19.8 Å². The van der Waals surface area contributed by atoms with Crippen LogP contribution in [0.5, 0.6) is 5.75 Å². The van der Waals surface area contributed by atoms with Gasteiger partial charge in [0.25, 0.3) is 5.91 Å². The fourth-order valence-electron chi connectivity index (χ4n) is 1.82. The molecule has 0 unspecified atom stereocenters. The monoisotopic (exact) mass is 331 g/mol. The van der Waals surface area contributed by atoms with Gasteiger partial charge in [-0.15, -0.1) is 11.3 Å². The van der Waals surface area contributed by atoms with Gasteiger partial charge < -0.3 is 15.5 Å². The van der Waals surface area contributed by atoms with E-state index in [9.17, 15) is 14.7 Å². The molecule has 0 radical (unpaired) electrons. The normalized spacial score (nSPS) is 10.6. The smallest absolute Gasteiger partial charge is 0.322 e. The molecule has 0 spiro atoms. The zero-order valence-electron chi connectivity index (χ0n) is 11.4. The van der Waals surface area contributed by atoms with E-state index in [1.54, 1.807) is 12.4 Å². The quantitative estimate of drug-likeness (QED) is 0.634. The number of hydrogen-bond acceptors (Lipinski definition) is 8. The highest BCUT2D eigenvalue weighted by atomic mass is 32.1. The number of carboxylic acids is 1. The lowest BCUT2D eigenvalue weighted by molar-refractivity contribution is -0.135. The zero-order valence-corrected chi connectivity index (χ0v) is 12.2. The summed E-state index contributed by atoms with van der Waals surface area (Å²) in [6, 6.07) is 0. The highest BCUT2D eigenvalue weighted by molar-refractivity contribution is 7.22. The molecule has 10 heteroatoms. The van der Waals surface area contributed by atoms with Crippen LogP contribution < -0.4 is 5.32 Å². The number of hydrogen-bond donors (Lipinski definition) is 3. The Bertz CT molecular complexity index is 896. The lowest BCUT2D eigenvalue weighted by Gasteiger charge is -2.03. The van der Waals surface area contributed by atoms with Crippen LogP contribution in [-0.2, 0) is 4.79 Å². The molecule has 1 amide bonds. The minimum atomic E-state index is -1.19. The van der Waals surface area contributed by atoms with E-state index in [2.05, 4.69) is 25.3 Å². The molecule has 0 atom stereocenters. The minimum absolute atomic E-state index is 0.252. The average Bonchev–Trinajstić information content (AvgIpc) is 2.99. The second kappa shape index (κ2) is 5.93. The van der Waals surface area contributed by atoms with Gasteiger partial charge >= 0.3 is 5.97 Å². The Labute approximate surface area is 132 Å². The number of carboxylic acid groups (broad SMARTS) is 1. The molecule has 3 rings (SSSR count). The predicted molar refractivity (Wildman–Crippen MR) is 80.1 cm³/mol. The molecule has 3 heterocycles. The van der Waals surface area contributed by atoms with Crippen LogP contribution in [0.3, 0.4) is 0 Å². The number of carbonyl (C=O) groups is 2. The third-order valence-electron chi connectivity index (χ3n) is 2.83. The van der Waals surface area contributed by atoms with Crippen molar-refractivity contribution in [1.82, 2.24) is 25.3 Å². The number of rotatable bonds is 4. The molecule has 0 aromatic carbocycles. The Balaban J connectivity index is 1.99. The molecule has 3 aromatic rings. The van der Waals surface area contributed by atoms with Gasteiger partial charge in [-0.2, -0.15) is 0 Å². The number of carbonyl (C=O) groups excluding carboxylic acids is 1. The van der Waals surface area contributed by atoms with Gasteiger partial charge in [-0.05, 0) is 0 Å². The van der Waals surface area contributed by atoms with E-state index in [0.29, 0.717) is 20.8 Å². The molecule has 9 nitrogen and oxygen atoms in total. The summed E-state index contributed by atoms with van der Waals surface area (Å²) in [6.45, 7) is -0.562. The first kappa shape index (κ1) is 14.8. The predicted octanol–water partition coefficient (Wildman–Crippen LogP) is 0.668. The molecule has 0 aliphatic rings. The number of amides is 1. The third-order valence-corrected chi connectivity index (χ3v) is 3.96. The van der Waals surface area contributed by atoms with E-state index in [1.807, 2.05) is 0 Å². The molecule has 0 saturated heterocycles. The van der Waals surface area contributed by atoms with Crippen LogP contribution in [0.1, 0.15) is 10.5 Å². The Morgan fingerprint density at radius 1 is 1.22 bits per heavy atom. The molecule has 3 aromatic heterocycles. The molecule has 116 valence electrons. The lowest BCUT2D eigenvalue weighted by atomic mass is 10.3. The molecule has 3 N–H and O–H groups in total. The van der Waals surface area contributed by atoms with Gasteiger partial charge in [-0.1, -0.05) is 0 Å². The number of nitrogens with zero attached hydrogens (tertiary/aromatic N) is 4. The third kappa shape index (κ3) is 2.92. The fourth-order valence-corrected chi connectivity index (χ4v) is 2.78. The summed E-state index contributed by atoms with van der Waals surface area (Å²) >= 11 is 1.16. The van der Waals surface area contributed by atoms with Gasteiger partial charge in [0.2, 0.25) is 0 Å². The van der Waals surface area contributed by atoms with Crippen molar-refractivity contribution in [2.45, 2.75) is 0 Å². The summed E-state index contributed by atoms with van der Waals surface area (Å²) in [5.74, 6) is -2.31. The molecule has 0 bridgehead atoms. The first-order chi connectivity index (χ1) is 11.1. The van der Waals surface area contributed by atoms with Gasteiger partial charge in [0, 0.05) is 18.0 Å². The summed E-state index contributed by atoms with van der Waals surface area (Å²) in [4.78, 5) is 38.3. The van der Waals surface area contributed by atoms with Gasteiger partial charge in [0.1, 0.15) is 28.1 Å². The Hall–Kier alpha value is -3.14. The first-order valence-electron chi connectivity index (χ1n) is 6.30. The molecular formula is C13H9N5O4S. The van der Waals surface area contributed by atoms with Crippen molar-refractivity contribution in [3.63, 3.8) is 0 Å². The molecule has 0 fully saturated rings. The van der Waals surface area contributed by atoms with Gasteiger partial charge in [0.05, 0.1) is 6.20 Å². The van der Waals surface area contributed by atoms with Crippen LogP contribution >= 0.6 is 11.3 Å². The van der Waals surface area contributed by atoms with E-state index in [4.69, 9.17) is 5.11 Å². The van der Waals surface area contributed by atoms with Crippen LogP contribution in [0.25, 0.3) is 20.8 Å². The first-order valence-corrected chi connectivity index (χ1v) is 7.12. The maximum Gasteiger partial charge on any atom is 0.322 e. The van der Waals surface area contributed by atoms with Crippen molar-refractivity contribution in [2.75, 3.05) is 6.54 Å². The van der Waals surface area contributed by atoms with Gasteiger partial charge in [0.15, 0.2) is 11.4 Å². The second-order valence-electron chi connectivity index (χ2n) is 4.39. The van der Waals surface area contributed by atoms with E-state index in [0.717, 1.165) is 11.3 Å². The Morgan fingerprint density at radius 2 is 1.96 bits per heavy atom. The molecule has 0 saturated carbocycles. The SMILES string of the molecule is O=C(O)CNC(=O)c1ncc2nc(-c3cncnc3)sc2c1O. The Morgan fingerprint density at radius 3 is 2.65 bits per heavy atom. The van der Waals surface area contributed by atoms with E-state index in [1.165, 1.54) is 12.5 Å². The van der Waals surface area contributed by atoms with Crippen LogP contribution in [-0.4, -0.2) is 48.6 Å². The largest absolute Gasteiger partial charge is 0.504 e. The highest BCUT2D eigenvalue weighted by Crippen LogP contribution is 2.35. The number of aromatic hydroxyl groups is 1. The second-order valence-corrected chi connectivity index (χ2v) is 5.39. The number of nitrogens with one attached hydrogen (secondary N) is 1. The van der Waals surface area contributed by atoms with Crippen LogP contribution in [0.4, 0.5) is 0 Å². The highest BCUT2D eigenvalue weighted by Gasteiger charge is 2.19. The van der Waals surface area contributed by atoms with E-state index >= 15 is 0 Å².